The van der Waals surface area contributed by atoms with E-state index in [0.717, 1.165) is 0 Å². The molecule has 3 aliphatic rings. The van der Waals surface area contributed by atoms with E-state index in [4.69, 9.17) is 0 Å². The van der Waals surface area contributed by atoms with Crippen molar-refractivity contribution in [1.29, 1.82) is 0 Å². The fourth-order valence-electron chi connectivity index (χ4n) is 5.85. The van der Waals surface area contributed by atoms with Gasteiger partial charge in [-0.15, -0.1) is 0 Å². The van der Waals surface area contributed by atoms with Crippen molar-refractivity contribution in [2.45, 2.75) is 51.4 Å². The van der Waals surface area contributed by atoms with E-state index in [9.17, 15) is 0 Å². The molecule has 0 N–H and O–H groups in total. The first-order valence-corrected chi connectivity index (χ1v) is 10.3. The van der Waals surface area contributed by atoms with Gasteiger partial charge in [0.15, 0.2) is 0 Å². The molecule has 26 heavy (non-hydrogen) atoms. The number of rotatable bonds is 2. The minimum absolute atomic E-state index is 0.414. The molecule has 0 amide bonds. The Morgan fingerprint density at radius 2 is 0.923 bits per heavy atom. The summed E-state index contributed by atoms with van der Waals surface area (Å²) in [5.74, 6) is 0. The first kappa shape index (κ1) is 16.1. The summed E-state index contributed by atoms with van der Waals surface area (Å²) in [6, 6.07) is 22.2. The highest BCUT2D eigenvalue weighted by Gasteiger charge is 2.56. The van der Waals surface area contributed by atoms with Gasteiger partial charge in [-0.25, -0.2) is 0 Å². The van der Waals surface area contributed by atoms with Gasteiger partial charge in [0.05, 0.1) is 0 Å². The SMILES string of the molecule is C1=C(c2ccccc2)CCC[C@@]12CC[C@]21C=C(c2ccccc2)CCC1. The second-order valence-corrected chi connectivity index (χ2v) is 8.59. The predicted octanol–water partition coefficient (Wildman–Crippen LogP) is 7.29. The standard InChI is InChI=1S/C26H28/c1-3-9-21(10-4-1)23-13-7-15-25(19-23)17-18-26(25)16-8-14-24(20-26)22-11-5-2-6-12-22/h1-6,9-12,19-20H,7-8,13-18H2/t25-,26-/m1/s1. The van der Waals surface area contributed by atoms with Crippen molar-refractivity contribution in [2.75, 3.05) is 0 Å². The molecule has 2 atom stereocenters. The smallest absolute Gasteiger partial charge is 0.00206 e. The molecular formula is C26H28. The van der Waals surface area contributed by atoms with Gasteiger partial charge in [0.25, 0.3) is 0 Å². The topological polar surface area (TPSA) is 0 Å². The molecule has 2 aromatic carbocycles. The number of fused-ring (bicyclic) bond motifs is 1. The lowest BCUT2D eigenvalue weighted by Gasteiger charge is -2.61. The van der Waals surface area contributed by atoms with E-state index in [0.29, 0.717) is 10.8 Å². The molecule has 0 saturated heterocycles. The Kier molecular flexibility index (Phi) is 3.89. The Labute approximate surface area is 157 Å². The van der Waals surface area contributed by atoms with Crippen LogP contribution in [0.5, 0.6) is 0 Å². The van der Waals surface area contributed by atoms with Crippen molar-refractivity contribution >= 4 is 11.1 Å². The molecule has 0 nitrogen and oxygen atoms in total. The summed E-state index contributed by atoms with van der Waals surface area (Å²) in [7, 11) is 0. The lowest BCUT2D eigenvalue weighted by atomic mass is 9.43. The number of hydrogen-bond acceptors (Lipinski definition) is 0. The summed E-state index contributed by atoms with van der Waals surface area (Å²) in [6.07, 6.45) is 16.1. The van der Waals surface area contributed by atoms with Crippen molar-refractivity contribution < 1.29 is 0 Å². The zero-order valence-electron chi connectivity index (χ0n) is 15.6. The maximum Gasteiger partial charge on any atom is -0.00206 e. The maximum absolute atomic E-state index is 2.71. The third-order valence-corrected chi connectivity index (χ3v) is 7.34. The molecule has 132 valence electrons. The van der Waals surface area contributed by atoms with E-state index in [-0.39, 0.29) is 0 Å². The minimum Gasteiger partial charge on any atom is -0.0736 e. The van der Waals surface area contributed by atoms with E-state index in [1.807, 2.05) is 0 Å². The van der Waals surface area contributed by atoms with Crippen LogP contribution < -0.4 is 0 Å². The van der Waals surface area contributed by atoms with Gasteiger partial charge in [0.2, 0.25) is 0 Å². The minimum atomic E-state index is 0.414. The fourth-order valence-corrected chi connectivity index (χ4v) is 5.85. The quantitative estimate of drug-likeness (QED) is 0.538. The van der Waals surface area contributed by atoms with Crippen molar-refractivity contribution in [3.05, 3.63) is 83.9 Å². The Hall–Kier alpha value is -2.08. The molecule has 0 aliphatic heterocycles. The highest BCUT2D eigenvalue weighted by molar-refractivity contribution is 5.70. The van der Waals surface area contributed by atoms with Crippen molar-refractivity contribution in [3.63, 3.8) is 0 Å². The second kappa shape index (κ2) is 6.27. The Bertz CT molecular complexity index is 769. The molecule has 0 aromatic heterocycles. The summed E-state index contributed by atoms with van der Waals surface area (Å²) >= 11 is 0. The van der Waals surface area contributed by atoms with Gasteiger partial charge in [0.1, 0.15) is 0 Å². The maximum atomic E-state index is 2.71. The van der Waals surface area contributed by atoms with Crippen molar-refractivity contribution in [1.82, 2.24) is 0 Å². The van der Waals surface area contributed by atoms with E-state index in [1.165, 1.54) is 62.5 Å². The number of hydrogen-bond donors (Lipinski definition) is 0. The summed E-state index contributed by atoms with van der Waals surface area (Å²) in [4.78, 5) is 0. The second-order valence-electron chi connectivity index (χ2n) is 8.59. The summed E-state index contributed by atoms with van der Waals surface area (Å²) < 4.78 is 0. The largest absolute Gasteiger partial charge is 0.0736 e. The predicted molar refractivity (Wildman–Crippen MR) is 111 cm³/mol. The van der Waals surface area contributed by atoms with Crippen LogP contribution in [0, 0.1) is 10.8 Å². The fraction of sp³-hybridized carbons (Fsp3) is 0.385. The average Bonchev–Trinajstić information content (AvgIpc) is 2.74. The first-order valence-electron chi connectivity index (χ1n) is 10.3. The van der Waals surface area contributed by atoms with Crippen LogP contribution in [-0.2, 0) is 0 Å². The zero-order chi connectivity index (χ0) is 17.5. The number of allylic oxidation sites excluding steroid dienone is 4. The lowest BCUT2D eigenvalue weighted by Crippen LogP contribution is -2.50. The highest BCUT2D eigenvalue weighted by atomic mass is 14.6. The first-order chi connectivity index (χ1) is 12.8. The number of benzene rings is 2. The van der Waals surface area contributed by atoms with Crippen LogP contribution in [0.15, 0.2) is 72.8 Å². The molecule has 2 spiro atoms. The van der Waals surface area contributed by atoms with Gasteiger partial charge in [-0.1, -0.05) is 72.8 Å². The van der Waals surface area contributed by atoms with Crippen LogP contribution in [0.2, 0.25) is 0 Å². The van der Waals surface area contributed by atoms with E-state index in [1.54, 1.807) is 11.1 Å². The lowest BCUT2D eigenvalue weighted by molar-refractivity contribution is -0.0178. The molecule has 1 saturated carbocycles. The van der Waals surface area contributed by atoms with Crippen LogP contribution in [0.25, 0.3) is 11.1 Å². The molecule has 0 radical (unpaired) electrons. The van der Waals surface area contributed by atoms with Crippen LogP contribution in [0.3, 0.4) is 0 Å². The third-order valence-electron chi connectivity index (χ3n) is 7.34. The third kappa shape index (κ3) is 2.50. The van der Waals surface area contributed by atoms with E-state index >= 15 is 0 Å². The molecule has 1 fully saturated rings. The summed E-state index contributed by atoms with van der Waals surface area (Å²) in [6.45, 7) is 0. The van der Waals surface area contributed by atoms with E-state index < -0.39 is 0 Å². The van der Waals surface area contributed by atoms with Gasteiger partial charge >= 0.3 is 0 Å². The summed E-state index contributed by atoms with van der Waals surface area (Å²) in [5, 5.41) is 0. The monoisotopic (exact) mass is 340 g/mol. The normalized spacial score (nSPS) is 30.6. The van der Waals surface area contributed by atoms with Crippen LogP contribution in [-0.4, -0.2) is 0 Å². The Balaban J connectivity index is 1.54. The molecular weight excluding hydrogens is 312 g/mol. The highest BCUT2D eigenvalue weighted by Crippen LogP contribution is 2.67. The van der Waals surface area contributed by atoms with Crippen LogP contribution in [0.4, 0.5) is 0 Å². The molecule has 0 heteroatoms. The van der Waals surface area contributed by atoms with Gasteiger partial charge in [-0.2, -0.15) is 0 Å². The molecule has 3 aliphatic carbocycles. The van der Waals surface area contributed by atoms with Gasteiger partial charge < -0.3 is 0 Å². The Morgan fingerprint density at radius 3 is 1.31 bits per heavy atom. The Morgan fingerprint density at radius 1 is 0.500 bits per heavy atom. The molecule has 5 rings (SSSR count). The molecule has 2 aromatic rings. The molecule has 0 heterocycles. The summed E-state index contributed by atoms with van der Waals surface area (Å²) in [5.41, 5.74) is 6.90. The van der Waals surface area contributed by atoms with Gasteiger partial charge in [-0.3, -0.25) is 0 Å². The molecule has 0 unspecified atom stereocenters. The van der Waals surface area contributed by atoms with Gasteiger partial charge in [-0.05, 0) is 84.5 Å². The molecule has 0 bridgehead atoms. The van der Waals surface area contributed by atoms with Crippen LogP contribution in [0.1, 0.15) is 62.5 Å². The van der Waals surface area contributed by atoms with Crippen molar-refractivity contribution in [2.24, 2.45) is 10.8 Å². The zero-order valence-corrected chi connectivity index (χ0v) is 15.6. The average molecular weight is 341 g/mol. The van der Waals surface area contributed by atoms with Gasteiger partial charge in [0, 0.05) is 0 Å². The van der Waals surface area contributed by atoms with Crippen LogP contribution >= 0.6 is 0 Å². The van der Waals surface area contributed by atoms with Crippen molar-refractivity contribution in [3.8, 4) is 0 Å². The van der Waals surface area contributed by atoms with E-state index in [2.05, 4.69) is 72.8 Å².